The van der Waals surface area contributed by atoms with Gasteiger partial charge in [0.15, 0.2) is 11.5 Å². The highest BCUT2D eigenvalue weighted by atomic mass is 79.9. The van der Waals surface area contributed by atoms with E-state index >= 15 is 0 Å². The lowest BCUT2D eigenvalue weighted by Crippen LogP contribution is -2.41. The van der Waals surface area contributed by atoms with Gasteiger partial charge in [0.05, 0.1) is 13.7 Å². The maximum Gasteiger partial charge on any atom is 0.253 e. The first-order valence-corrected chi connectivity index (χ1v) is 13.9. The smallest absolute Gasteiger partial charge is 0.253 e. The Morgan fingerprint density at radius 1 is 0.757 bits per heavy atom. The molecule has 0 aromatic heterocycles. The summed E-state index contributed by atoms with van der Waals surface area (Å²) >= 11 is 6.77. The quantitative estimate of drug-likeness (QED) is 0.152. The van der Waals surface area contributed by atoms with Gasteiger partial charge in [-0.1, -0.05) is 70.5 Å². The molecular weight excluding hydrogens is 600 g/mol. The van der Waals surface area contributed by atoms with Gasteiger partial charge in [0.25, 0.3) is 11.8 Å². The van der Waals surface area contributed by atoms with E-state index in [1.54, 1.807) is 73.8 Å². The molecule has 3 aromatic rings. The highest BCUT2D eigenvalue weighted by Gasteiger charge is 2.21. The summed E-state index contributed by atoms with van der Waals surface area (Å²) < 4.78 is 13.3. The minimum absolute atomic E-state index is 0.317. The van der Waals surface area contributed by atoms with Crippen LogP contribution in [0.1, 0.15) is 71.5 Å². The number of unbranched alkanes of at least 4 members (excludes halogenated alkanes) is 4. The van der Waals surface area contributed by atoms with Crippen molar-refractivity contribution in [2.75, 3.05) is 13.7 Å². The fourth-order valence-electron chi connectivity index (χ4n) is 3.71. The number of amides is 2. The summed E-state index contributed by atoms with van der Waals surface area (Å²) in [4.78, 5) is 26.1. The third-order valence-electron chi connectivity index (χ3n) is 5.79. The number of methoxy groups -OCH3 is 1. The van der Waals surface area contributed by atoms with Crippen molar-refractivity contribution in [2.45, 2.75) is 45.2 Å². The first-order chi connectivity index (χ1) is 17.9. The zero-order chi connectivity index (χ0) is 26.6. The Kier molecular flexibility index (Phi) is 11.5. The van der Waals surface area contributed by atoms with E-state index in [0.29, 0.717) is 34.8 Å². The Labute approximate surface area is 235 Å². The summed E-state index contributed by atoms with van der Waals surface area (Å²) in [7, 11) is 1.59. The van der Waals surface area contributed by atoms with Gasteiger partial charge in [-0.2, -0.15) is 0 Å². The van der Waals surface area contributed by atoms with Crippen LogP contribution in [0.2, 0.25) is 0 Å². The molecule has 3 rings (SSSR count). The van der Waals surface area contributed by atoms with E-state index in [0.717, 1.165) is 21.8 Å². The summed E-state index contributed by atoms with van der Waals surface area (Å²) in [5.74, 6) is 0.524. The SMILES string of the molecule is CCCCCCCOc1cc(C(NC(=O)c2ccc(Br)cc2)NC(=O)c2ccc(Br)cc2)ccc1OC. The Morgan fingerprint density at radius 3 is 1.81 bits per heavy atom. The van der Waals surface area contributed by atoms with Crippen molar-refractivity contribution < 1.29 is 19.1 Å². The highest BCUT2D eigenvalue weighted by Crippen LogP contribution is 2.30. The van der Waals surface area contributed by atoms with E-state index < -0.39 is 6.17 Å². The summed E-state index contributed by atoms with van der Waals surface area (Å²) in [5, 5.41) is 5.89. The van der Waals surface area contributed by atoms with Crippen molar-refractivity contribution in [1.29, 1.82) is 0 Å². The van der Waals surface area contributed by atoms with Crippen molar-refractivity contribution in [2.24, 2.45) is 0 Å². The molecule has 3 aromatic carbocycles. The molecule has 37 heavy (non-hydrogen) atoms. The van der Waals surface area contributed by atoms with Crippen LogP contribution in [-0.4, -0.2) is 25.5 Å². The van der Waals surface area contributed by atoms with Crippen LogP contribution in [0.15, 0.2) is 75.7 Å². The van der Waals surface area contributed by atoms with Gasteiger partial charge >= 0.3 is 0 Å². The maximum atomic E-state index is 13.1. The molecule has 0 saturated heterocycles. The first-order valence-electron chi connectivity index (χ1n) is 12.3. The fourth-order valence-corrected chi connectivity index (χ4v) is 4.24. The Balaban J connectivity index is 1.83. The molecule has 0 saturated carbocycles. The number of rotatable bonds is 13. The molecule has 0 fully saturated rings. The van der Waals surface area contributed by atoms with Crippen molar-refractivity contribution in [3.05, 3.63) is 92.4 Å². The average molecular weight is 632 g/mol. The molecule has 0 radical (unpaired) electrons. The number of carbonyl (C=O) groups excluding carboxylic acids is 2. The summed E-state index contributed by atoms with van der Waals surface area (Å²) in [6.45, 7) is 2.75. The van der Waals surface area contributed by atoms with Crippen LogP contribution in [0.5, 0.6) is 11.5 Å². The number of hydrogen-bond donors (Lipinski definition) is 2. The summed E-state index contributed by atoms with van der Waals surface area (Å²) in [6.07, 6.45) is 4.84. The zero-order valence-electron chi connectivity index (χ0n) is 21.1. The maximum absolute atomic E-state index is 13.1. The molecule has 0 heterocycles. The molecule has 196 valence electrons. The predicted octanol–water partition coefficient (Wildman–Crippen LogP) is 7.43. The minimum Gasteiger partial charge on any atom is -0.493 e. The van der Waals surface area contributed by atoms with Crippen LogP contribution in [0.25, 0.3) is 0 Å². The van der Waals surface area contributed by atoms with Crippen molar-refractivity contribution >= 4 is 43.7 Å². The van der Waals surface area contributed by atoms with Gasteiger partial charge in [0, 0.05) is 20.1 Å². The molecule has 2 N–H and O–H groups in total. The fraction of sp³-hybridized carbons (Fsp3) is 0.310. The van der Waals surface area contributed by atoms with E-state index in [1.807, 2.05) is 0 Å². The van der Waals surface area contributed by atoms with Crippen molar-refractivity contribution in [3.8, 4) is 11.5 Å². The average Bonchev–Trinajstić information content (AvgIpc) is 2.90. The number of ether oxygens (including phenoxy) is 2. The van der Waals surface area contributed by atoms with E-state index in [-0.39, 0.29) is 11.8 Å². The Hall–Kier alpha value is -2.84. The van der Waals surface area contributed by atoms with Crippen LogP contribution in [0.3, 0.4) is 0 Å². The topological polar surface area (TPSA) is 76.7 Å². The number of benzene rings is 3. The summed E-state index contributed by atoms with van der Waals surface area (Å²) in [5.41, 5.74) is 1.61. The number of carbonyl (C=O) groups is 2. The van der Waals surface area contributed by atoms with E-state index in [4.69, 9.17) is 9.47 Å². The molecule has 0 unspecified atom stereocenters. The Morgan fingerprint density at radius 2 is 1.30 bits per heavy atom. The molecule has 6 nitrogen and oxygen atoms in total. The van der Waals surface area contributed by atoms with Crippen LogP contribution in [0.4, 0.5) is 0 Å². The minimum atomic E-state index is -0.801. The van der Waals surface area contributed by atoms with Crippen molar-refractivity contribution in [3.63, 3.8) is 0 Å². The lowest BCUT2D eigenvalue weighted by molar-refractivity contribution is 0.0883. The van der Waals surface area contributed by atoms with Gasteiger partial charge in [-0.25, -0.2) is 0 Å². The molecule has 0 atom stereocenters. The standard InChI is InChI=1S/C29H32Br2N2O4/c1-3-4-5-6-7-18-37-26-19-22(12-17-25(26)36-2)27(32-28(34)20-8-13-23(30)14-9-20)33-29(35)21-10-15-24(31)16-11-21/h8-17,19,27H,3-7,18H2,1-2H3,(H,32,34)(H,33,35). The predicted molar refractivity (Wildman–Crippen MR) is 153 cm³/mol. The number of nitrogens with one attached hydrogen (secondary N) is 2. The molecule has 0 aliphatic rings. The van der Waals surface area contributed by atoms with Gasteiger partial charge in [-0.15, -0.1) is 0 Å². The lowest BCUT2D eigenvalue weighted by Gasteiger charge is -2.22. The highest BCUT2D eigenvalue weighted by molar-refractivity contribution is 9.10. The molecule has 8 heteroatoms. The third kappa shape index (κ3) is 8.90. The van der Waals surface area contributed by atoms with E-state index in [1.165, 1.54) is 19.3 Å². The number of halogens is 2. The van der Waals surface area contributed by atoms with E-state index in [9.17, 15) is 9.59 Å². The molecule has 0 aliphatic heterocycles. The molecule has 0 spiro atoms. The van der Waals surface area contributed by atoms with E-state index in [2.05, 4.69) is 49.4 Å². The number of hydrogen-bond acceptors (Lipinski definition) is 4. The second-order valence-electron chi connectivity index (χ2n) is 8.57. The molecule has 2 amide bonds. The van der Waals surface area contributed by atoms with Gasteiger partial charge in [0.2, 0.25) is 0 Å². The largest absolute Gasteiger partial charge is 0.493 e. The van der Waals surface area contributed by atoms with Crippen LogP contribution < -0.4 is 20.1 Å². The lowest BCUT2D eigenvalue weighted by atomic mass is 10.1. The molecular formula is C29H32Br2N2O4. The normalized spacial score (nSPS) is 10.7. The third-order valence-corrected chi connectivity index (χ3v) is 6.85. The van der Waals surface area contributed by atoms with Crippen LogP contribution >= 0.6 is 31.9 Å². The van der Waals surface area contributed by atoms with Crippen LogP contribution in [-0.2, 0) is 0 Å². The first kappa shape index (κ1) is 28.7. The van der Waals surface area contributed by atoms with Crippen LogP contribution in [0, 0.1) is 0 Å². The van der Waals surface area contributed by atoms with Crippen molar-refractivity contribution in [1.82, 2.24) is 10.6 Å². The molecule has 0 bridgehead atoms. The molecule has 0 aliphatic carbocycles. The summed E-state index contributed by atoms with van der Waals surface area (Å²) in [6, 6.07) is 19.4. The second-order valence-corrected chi connectivity index (χ2v) is 10.4. The van der Waals surface area contributed by atoms with Gasteiger partial charge in [0.1, 0.15) is 6.17 Å². The Bertz CT molecular complexity index is 1110. The van der Waals surface area contributed by atoms with Gasteiger partial charge in [-0.3, -0.25) is 9.59 Å². The van der Waals surface area contributed by atoms with Gasteiger partial charge < -0.3 is 20.1 Å². The van der Waals surface area contributed by atoms with Gasteiger partial charge in [-0.05, 0) is 72.6 Å². The zero-order valence-corrected chi connectivity index (χ0v) is 24.2. The monoisotopic (exact) mass is 630 g/mol. The second kappa shape index (κ2) is 14.8.